The predicted molar refractivity (Wildman–Crippen MR) is 157 cm³/mol. The number of likely N-dealkylation sites (tertiary alicyclic amines) is 1. The van der Waals surface area contributed by atoms with Gasteiger partial charge in [-0.2, -0.15) is 5.10 Å². The fraction of sp³-hybridized carbons (Fsp3) is 0.567. The van der Waals surface area contributed by atoms with Crippen LogP contribution in [0.25, 0.3) is 5.69 Å². The van der Waals surface area contributed by atoms with E-state index in [0.29, 0.717) is 19.5 Å². The Bertz CT molecular complexity index is 1300. The van der Waals surface area contributed by atoms with Gasteiger partial charge in [0.1, 0.15) is 11.4 Å². The summed E-state index contributed by atoms with van der Waals surface area (Å²) >= 11 is 0. The van der Waals surface area contributed by atoms with Crippen LogP contribution < -0.4 is 0 Å². The van der Waals surface area contributed by atoms with E-state index in [1.165, 1.54) is 0 Å². The summed E-state index contributed by atoms with van der Waals surface area (Å²) < 4.78 is 16.8. The Labute approximate surface area is 234 Å². The van der Waals surface area contributed by atoms with Gasteiger partial charge in [-0.25, -0.2) is 14.5 Å². The SMILES string of the molecule is Cc1nn(-c2ccccc2)c(C)c1Cn1ccnc1[C@@H]1C[C@@H](O[Si](C)(C)C(C)(C)C)CN1C(=O)OC(C)(C)C. The highest BCUT2D eigenvalue weighted by molar-refractivity contribution is 6.74. The molecule has 212 valence electrons. The van der Waals surface area contributed by atoms with Crippen molar-refractivity contribution in [2.24, 2.45) is 0 Å². The van der Waals surface area contributed by atoms with Gasteiger partial charge in [-0.1, -0.05) is 39.0 Å². The lowest BCUT2D eigenvalue weighted by Gasteiger charge is -2.38. The molecule has 1 saturated heterocycles. The number of aryl methyl sites for hydroxylation is 1. The van der Waals surface area contributed by atoms with Crippen molar-refractivity contribution in [3.8, 4) is 5.69 Å². The van der Waals surface area contributed by atoms with Gasteiger partial charge < -0.3 is 13.7 Å². The van der Waals surface area contributed by atoms with Gasteiger partial charge in [0.05, 0.1) is 30.1 Å². The fourth-order valence-electron chi connectivity index (χ4n) is 4.89. The van der Waals surface area contributed by atoms with E-state index in [1.807, 2.05) is 67.9 Å². The van der Waals surface area contributed by atoms with E-state index < -0.39 is 13.9 Å². The van der Waals surface area contributed by atoms with Crippen LogP contribution in [0.4, 0.5) is 4.79 Å². The highest BCUT2D eigenvalue weighted by atomic mass is 28.4. The number of para-hydroxylation sites is 1. The predicted octanol–water partition coefficient (Wildman–Crippen LogP) is 6.81. The van der Waals surface area contributed by atoms with Crippen LogP contribution in [0.5, 0.6) is 0 Å². The zero-order valence-electron chi connectivity index (χ0n) is 25.3. The number of hydrogen-bond donors (Lipinski definition) is 0. The molecule has 2 atom stereocenters. The maximum atomic E-state index is 13.4. The number of rotatable bonds is 6. The molecule has 0 aliphatic carbocycles. The van der Waals surface area contributed by atoms with Crippen molar-refractivity contribution in [2.45, 2.75) is 104 Å². The first kappa shape index (κ1) is 29.1. The minimum atomic E-state index is -2.03. The van der Waals surface area contributed by atoms with Crippen molar-refractivity contribution in [3.63, 3.8) is 0 Å². The second-order valence-corrected chi connectivity index (χ2v) is 18.0. The number of carbonyl (C=O) groups excluding carboxylic acids is 1. The lowest BCUT2D eigenvalue weighted by molar-refractivity contribution is 0.0201. The molecule has 1 fully saturated rings. The van der Waals surface area contributed by atoms with Crippen molar-refractivity contribution in [3.05, 3.63) is 65.5 Å². The van der Waals surface area contributed by atoms with Crippen molar-refractivity contribution in [1.29, 1.82) is 0 Å². The molecule has 9 heteroatoms. The largest absolute Gasteiger partial charge is 0.444 e. The second kappa shape index (κ2) is 10.6. The van der Waals surface area contributed by atoms with Crippen molar-refractivity contribution >= 4 is 14.4 Å². The third-order valence-corrected chi connectivity index (χ3v) is 12.5. The Hall–Kier alpha value is -2.91. The molecule has 1 aliphatic heterocycles. The van der Waals surface area contributed by atoms with Gasteiger partial charge in [0.2, 0.25) is 0 Å². The Kier molecular flexibility index (Phi) is 7.89. The average molecular weight is 552 g/mol. The van der Waals surface area contributed by atoms with Crippen molar-refractivity contribution in [2.75, 3.05) is 6.54 Å². The Balaban J connectivity index is 1.65. The third-order valence-electron chi connectivity index (χ3n) is 7.97. The number of aromatic nitrogens is 4. The summed E-state index contributed by atoms with van der Waals surface area (Å²) in [6, 6.07) is 9.93. The Morgan fingerprint density at radius 2 is 1.74 bits per heavy atom. The fourth-order valence-corrected chi connectivity index (χ4v) is 6.25. The van der Waals surface area contributed by atoms with Gasteiger partial charge in [0.15, 0.2) is 8.32 Å². The molecule has 0 saturated carbocycles. The molecular formula is C30H45N5O3Si. The monoisotopic (exact) mass is 551 g/mol. The van der Waals surface area contributed by atoms with E-state index in [9.17, 15) is 4.79 Å². The van der Waals surface area contributed by atoms with Crippen LogP contribution >= 0.6 is 0 Å². The summed E-state index contributed by atoms with van der Waals surface area (Å²) in [5.74, 6) is 0.841. The van der Waals surface area contributed by atoms with E-state index >= 15 is 0 Å². The van der Waals surface area contributed by atoms with Gasteiger partial charge in [-0.15, -0.1) is 0 Å². The first-order valence-electron chi connectivity index (χ1n) is 13.9. The standard InChI is InChI=1S/C30H45N5O3Si/c1-21-25(22(2)35(32-21)23-14-12-11-13-15-23)20-33-17-16-31-27(33)26-18-24(38-39(9,10)30(6,7)8)19-34(26)28(36)37-29(3,4)5/h11-17,24,26H,18-20H2,1-10H3/t24-,26+/m1/s1. The van der Waals surface area contributed by atoms with Crippen molar-refractivity contribution < 1.29 is 14.0 Å². The molecule has 0 bridgehead atoms. The molecule has 8 nitrogen and oxygen atoms in total. The maximum Gasteiger partial charge on any atom is 0.411 e. The number of carbonyl (C=O) groups is 1. The Morgan fingerprint density at radius 1 is 1.08 bits per heavy atom. The second-order valence-electron chi connectivity index (χ2n) is 13.2. The summed E-state index contributed by atoms with van der Waals surface area (Å²) in [7, 11) is -2.03. The summed E-state index contributed by atoms with van der Waals surface area (Å²) in [4.78, 5) is 20.0. The smallest absolute Gasteiger partial charge is 0.411 e. The number of imidazole rings is 1. The summed E-state index contributed by atoms with van der Waals surface area (Å²) in [5, 5.41) is 4.91. The van der Waals surface area contributed by atoms with E-state index in [2.05, 4.69) is 57.5 Å². The first-order valence-corrected chi connectivity index (χ1v) is 16.8. The van der Waals surface area contributed by atoms with Crippen LogP contribution in [0.1, 0.15) is 76.8 Å². The number of ether oxygens (including phenoxy) is 1. The minimum absolute atomic E-state index is 0.0714. The highest BCUT2D eigenvalue weighted by Gasteiger charge is 2.46. The number of nitrogens with zero attached hydrogens (tertiary/aromatic N) is 5. The van der Waals surface area contributed by atoms with Gasteiger partial charge >= 0.3 is 6.09 Å². The molecule has 1 aromatic carbocycles. The van der Waals surface area contributed by atoms with Crippen LogP contribution in [0.2, 0.25) is 18.1 Å². The lowest BCUT2D eigenvalue weighted by atomic mass is 10.1. The average Bonchev–Trinajstić information content (AvgIpc) is 3.51. The summed E-state index contributed by atoms with van der Waals surface area (Å²) in [6.07, 6.45) is 4.09. The normalized spacial score (nSPS) is 18.6. The maximum absolute atomic E-state index is 13.4. The zero-order chi connectivity index (χ0) is 28.8. The molecule has 0 radical (unpaired) electrons. The zero-order valence-corrected chi connectivity index (χ0v) is 26.3. The van der Waals surface area contributed by atoms with Crippen LogP contribution in [-0.4, -0.2) is 56.9 Å². The number of hydrogen-bond acceptors (Lipinski definition) is 5. The molecule has 0 N–H and O–H groups in total. The molecule has 3 heterocycles. The van der Waals surface area contributed by atoms with Gasteiger partial charge in [-0.05, 0) is 64.9 Å². The van der Waals surface area contributed by atoms with E-state index in [4.69, 9.17) is 19.2 Å². The third kappa shape index (κ3) is 6.30. The first-order chi connectivity index (χ1) is 18.1. The quantitative estimate of drug-likeness (QED) is 0.315. The van der Waals surface area contributed by atoms with Gasteiger partial charge in [-0.3, -0.25) is 4.90 Å². The number of benzene rings is 1. The molecule has 1 amide bonds. The van der Waals surface area contributed by atoms with Crippen LogP contribution in [0.3, 0.4) is 0 Å². The van der Waals surface area contributed by atoms with Crippen molar-refractivity contribution in [1.82, 2.24) is 24.2 Å². The summed E-state index contributed by atoms with van der Waals surface area (Å²) in [5.41, 5.74) is 3.66. The van der Waals surface area contributed by atoms with E-state index in [0.717, 1.165) is 28.5 Å². The van der Waals surface area contributed by atoms with Gasteiger partial charge in [0, 0.05) is 36.6 Å². The molecular weight excluding hydrogens is 506 g/mol. The van der Waals surface area contributed by atoms with Gasteiger partial charge in [0.25, 0.3) is 0 Å². The van der Waals surface area contributed by atoms with Crippen LogP contribution in [-0.2, 0) is 15.7 Å². The number of amides is 1. The van der Waals surface area contributed by atoms with E-state index in [-0.39, 0.29) is 23.3 Å². The van der Waals surface area contributed by atoms with Crippen LogP contribution in [0, 0.1) is 13.8 Å². The molecule has 0 unspecified atom stereocenters. The van der Waals surface area contributed by atoms with Crippen LogP contribution in [0.15, 0.2) is 42.7 Å². The molecule has 3 aromatic rings. The molecule has 39 heavy (non-hydrogen) atoms. The molecule has 2 aromatic heterocycles. The topological polar surface area (TPSA) is 74.4 Å². The lowest BCUT2D eigenvalue weighted by Crippen LogP contribution is -2.45. The Morgan fingerprint density at radius 3 is 2.36 bits per heavy atom. The minimum Gasteiger partial charge on any atom is -0.444 e. The highest BCUT2D eigenvalue weighted by Crippen LogP contribution is 2.41. The summed E-state index contributed by atoms with van der Waals surface area (Å²) in [6.45, 7) is 22.2. The molecule has 4 rings (SSSR count). The van der Waals surface area contributed by atoms with E-state index in [1.54, 1.807) is 0 Å². The molecule has 0 spiro atoms. The molecule has 1 aliphatic rings.